The van der Waals surface area contributed by atoms with Gasteiger partial charge < -0.3 is 15.4 Å². The van der Waals surface area contributed by atoms with Crippen molar-refractivity contribution in [2.24, 2.45) is 0 Å². The Morgan fingerprint density at radius 3 is 3.00 bits per heavy atom. The molecule has 0 aliphatic carbocycles. The third kappa shape index (κ3) is 5.85. The van der Waals surface area contributed by atoms with Crippen molar-refractivity contribution in [2.75, 3.05) is 33.4 Å². The minimum Gasteiger partial charge on any atom is -0.383 e. The summed E-state index contributed by atoms with van der Waals surface area (Å²) in [6.45, 7) is 6.65. The predicted octanol–water partition coefficient (Wildman–Crippen LogP) is 0.0972. The summed E-state index contributed by atoms with van der Waals surface area (Å²) in [4.78, 5) is 0. The average molecular weight is 226 g/mol. The maximum absolute atomic E-state index is 4.96. The van der Waals surface area contributed by atoms with Crippen LogP contribution in [-0.2, 0) is 11.3 Å². The highest BCUT2D eigenvalue weighted by atomic mass is 16.5. The van der Waals surface area contributed by atoms with Gasteiger partial charge in [-0.2, -0.15) is 5.10 Å². The molecule has 1 atom stereocenters. The van der Waals surface area contributed by atoms with Crippen LogP contribution in [-0.4, -0.2) is 49.2 Å². The highest BCUT2D eigenvalue weighted by molar-refractivity contribution is 4.77. The monoisotopic (exact) mass is 226 g/mol. The van der Waals surface area contributed by atoms with Crippen LogP contribution in [0.5, 0.6) is 0 Å². The van der Waals surface area contributed by atoms with Gasteiger partial charge in [-0.05, 0) is 13.0 Å². The summed E-state index contributed by atoms with van der Waals surface area (Å²) >= 11 is 0. The van der Waals surface area contributed by atoms with E-state index in [2.05, 4.69) is 22.7 Å². The highest BCUT2D eigenvalue weighted by Gasteiger charge is 1.99. The molecule has 0 aliphatic heterocycles. The maximum Gasteiger partial charge on any atom is 0.0587 e. The number of hydrogen-bond donors (Lipinski definition) is 2. The molecule has 0 amide bonds. The number of nitrogens with zero attached hydrogens (tertiary/aromatic N) is 2. The van der Waals surface area contributed by atoms with E-state index in [1.807, 2.05) is 16.9 Å². The molecule has 1 rings (SSSR count). The number of ether oxygens (including phenoxy) is 1. The molecule has 0 aliphatic rings. The molecule has 1 aromatic heterocycles. The summed E-state index contributed by atoms with van der Waals surface area (Å²) in [5.74, 6) is 0. The molecule has 1 heterocycles. The lowest BCUT2D eigenvalue weighted by molar-refractivity contribution is 0.198. The molecule has 16 heavy (non-hydrogen) atoms. The van der Waals surface area contributed by atoms with E-state index in [4.69, 9.17) is 4.74 Å². The van der Waals surface area contributed by atoms with Gasteiger partial charge in [0.2, 0.25) is 0 Å². The Bertz CT molecular complexity index is 250. The lowest BCUT2D eigenvalue weighted by Gasteiger charge is -2.14. The van der Waals surface area contributed by atoms with Crippen molar-refractivity contribution in [3.05, 3.63) is 18.5 Å². The fraction of sp³-hybridized carbons (Fsp3) is 0.727. The summed E-state index contributed by atoms with van der Waals surface area (Å²) in [5.41, 5.74) is 0. The second-order valence-corrected chi connectivity index (χ2v) is 3.82. The van der Waals surface area contributed by atoms with Gasteiger partial charge in [0, 0.05) is 45.2 Å². The quantitative estimate of drug-likeness (QED) is 0.586. The van der Waals surface area contributed by atoms with E-state index in [1.165, 1.54) is 0 Å². The van der Waals surface area contributed by atoms with E-state index in [9.17, 15) is 0 Å². The van der Waals surface area contributed by atoms with Crippen LogP contribution in [0.1, 0.15) is 6.92 Å². The van der Waals surface area contributed by atoms with E-state index in [-0.39, 0.29) is 0 Å². The van der Waals surface area contributed by atoms with E-state index in [1.54, 1.807) is 13.3 Å². The minimum atomic E-state index is 0.465. The van der Waals surface area contributed by atoms with Crippen molar-refractivity contribution < 1.29 is 4.74 Å². The average Bonchev–Trinajstić information content (AvgIpc) is 2.77. The molecule has 1 unspecified atom stereocenters. The van der Waals surface area contributed by atoms with Crippen molar-refractivity contribution in [1.29, 1.82) is 0 Å². The van der Waals surface area contributed by atoms with Gasteiger partial charge in [0.05, 0.1) is 13.2 Å². The van der Waals surface area contributed by atoms with Gasteiger partial charge in [0.25, 0.3) is 0 Å². The third-order valence-electron chi connectivity index (χ3n) is 2.33. The Hall–Kier alpha value is -0.910. The van der Waals surface area contributed by atoms with Crippen molar-refractivity contribution in [3.63, 3.8) is 0 Å². The zero-order valence-corrected chi connectivity index (χ0v) is 10.1. The Kier molecular flexibility index (Phi) is 6.80. The lowest BCUT2D eigenvalue weighted by Crippen LogP contribution is -2.38. The summed E-state index contributed by atoms with van der Waals surface area (Å²) in [6, 6.07) is 2.41. The molecule has 1 aromatic rings. The smallest absolute Gasteiger partial charge is 0.0587 e. The van der Waals surface area contributed by atoms with E-state index in [0.29, 0.717) is 6.04 Å². The number of nitrogens with one attached hydrogen (secondary N) is 2. The summed E-state index contributed by atoms with van der Waals surface area (Å²) in [5, 5.41) is 10.9. The molecule has 0 fully saturated rings. The zero-order chi connectivity index (χ0) is 11.6. The molecule has 0 aromatic carbocycles. The van der Waals surface area contributed by atoms with Crippen LogP contribution in [0, 0.1) is 0 Å². The second-order valence-electron chi connectivity index (χ2n) is 3.82. The third-order valence-corrected chi connectivity index (χ3v) is 2.33. The van der Waals surface area contributed by atoms with Gasteiger partial charge in [0.1, 0.15) is 0 Å². The normalized spacial score (nSPS) is 12.9. The molecule has 5 heteroatoms. The molecular weight excluding hydrogens is 204 g/mol. The first-order valence-corrected chi connectivity index (χ1v) is 5.73. The molecule has 0 saturated heterocycles. The number of hydrogen-bond acceptors (Lipinski definition) is 4. The van der Waals surface area contributed by atoms with Crippen LogP contribution in [0.15, 0.2) is 18.5 Å². The van der Waals surface area contributed by atoms with Crippen LogP contribution in [0.25, 0.3) is 0 Å². The van der Waals surface area contributed by atoms with Crippen LogP contribution in [0.3, 0.4) is 0 Å². The molecule has 5 nitrogen and oxygen atoms in total. The van der Waals surface area contributed by atoms with E-state index < -0.39 is 0 Å². The standard InChI is InChI=1S/C11H22N4O/c1-11(10-12-6-9-16-2)13-5-8-15-7-3-4-14-15/h3-4,7,11-13H,5-6,8-10H2,1-2H3. The molecule has 2 N–H and O–H groups in total. The fourth-order valence-electron chi connectivity index (χ4n) is 1.42. The van der Waals surface area contributed by atoms with Crippen LogP contribution in [0.4, 0.5) is 0 Å². The fourth-order valence-corrected chi connectivity index (χ4v) is 1.42. The molecule has 92 valence electrons. The van der Waals surface area contributed by atoms with Crippen LogP contribution < -0.4 is 10.6 Å². The lowest BCUT2D eigenvalue weighted by atomic mass is 10.3. The Balaban J connectivity index is 1.95. The van der Waals surface area contributed by atoms with E-state index >= 15 is 0 Å². The largest absolute Gasteiger partial charge is 0.383 e. The first kappa shape index (κ1) is 13.2. The van der Waals surface area contributed by atoms with Gasteiger partial charge in [-0.1, -0.05) is 0 Å². The highest BCUT2D eigenvalue weighted by Crippen LogP contribution is 1.84. The zero-order valence-electron chi connectivity index (χ0n) is 10.1. The summed E-state index contributed by atoms with van der Waals surface area (Å²) < 4.78 is 6.89. The van der Waals surface area contributed by atoms with Crippen molar-refractivity contribution in [1.82, 2.24) is 20.4 Å². The second kappa shape index (κ2) is 8.27. The molecular formula is C11H22N4O. The van der Waals surface area contributed by atoms with Gasteiger partial charge >= 0.3 is 0 Å². The number of rotatable bonds is 9. The Labute approximate surface area is 97.2 Å². The predicted molar refractivity (Wildman–Crippen MR) is 64.4 cm³/mol. The van der Waals surface area contributed by atoms with Gasteiger partial charge in [-0.25, -0.2) is 0 Å². The Morgan fingerprint density at radius 1 is 1.44 bits per heavy atom. The Morgan fingerprint density at radius 2 is 2.31 bits per heavy atom. The number of methoxy groups -OCH3 is 1. The van der Waals surface area contributed by atoms with Crippen molar-refractivity contribution in [3.8, 4) is 0 Å². The minimum absolute atomic E-state index is 0.465. The first-order valence-electron chi connectivity index (χ1n) is 5.73. The molecule has 0 spiro atoms. The van der Waals surface area contributed by atoms with Crippen molar-refractivity contribution >= 4 is 0 Å². The van der Waals surface area contributed by atoms with Crippen LogP contribution in [0.2, 0.25) is 0 Å². The summed E-state index contributed by atoms with van der Waals surface area (Å²) in [6.07, 6.45) is 3.78. The first-order chi connectivity index (χ1) is 7.83. The maximum atomic E-state index is 4.96. The van der Waals surface area contributed by atoms with E-state index in [0.717, 1.165) is 32.8 Å². The molecule has 0 radical (unpaired) electrons. The van der Waals surface area contributed by atoms with Crippen molar-refractivity contribution in [2.45, 2.75) is 19.5 Å². The van der Waals surface area contributed by atoms with Gasteiger partial charge in [-0.15, -0.1) is 0 Å². The van der Waals surface area contributed by atoms with Gasteiger partial charge in [0.15, 0.2) is 0 Å². The summed E-state index contributed by atoms with van der Waals surface area (Å²) in [7, 11) is 1.72. The SMILES string of the molecule is COCCNCC(C)NCCn1cccn1. The number of aromatic nitrogens is 2. The molecule has 0 saturated carbocycles. The van der Waals surface area contributed by atoms with Crippen LogP contribution >= 0.6 is 0 Å². The topological polar surface area (TPSA) is 51.1 Å². The molecule has 0 bridgehead atoms. The van der Waals surface area contributed by atoms with Gasteiger partial charge in [-0.3, -0.25) is 4.68 Å².